The predicted octanol–water partition coefficient (Wildman–Crippen LogP) is 2.96. The fraction of sp³-hybridized carbons (Fsp3) is 0.214. The van der Waals surface area contributed by atoms with E-state index in [1.54, 1.807) is 18.4 Å². The molecule has 3 nitrogen and oxygen atoms in total. The van der Waals surface area contributed by atoms with E-state index in [1.165, 1.54) is 0 Å². The number of rotatable bonds is 2. The van der Waals surface area contributed by atoms with Gasteiger partial charge in [0.2, 0.25) is 0 Å². The van der Waals surface area contributed by atoms with Gasteiger partial charge in [-0.15, -0.1) is 0 Å². The number of amides is 1. The Hall–Kier alpha value is -1.81. The molecule has 1 aliphatic rings. The Morgan fingerprint density at radius 3 is 2.94 bits per heavy atom. The lowest BCUT2D eigenvalue weighted by molar-refractivity contribution is 0.0980. The SMILES string of the molecule is COc1ccc2c(c1)CCN(c1ccsc1)C2=O. The number of hydrogen-bond acceptors (Lipinski definition) is 3. The van der Waals surface area contributed by atoms with Gasteiger partial charge in [-0.05, 0) is 41.6 Å². The van der Waals surface area contributed by atoms with E-state index in [0.717, 1.165) is 35.5 Å². The summed E-state index contributed by atoms with van der Waals surface area (Å²) in [5, 5.41) is 4.00. The monoisotopic (exact) mass is 259 g/mol. The van der Waals surface area contributed by atoms with E-state index in [1.807, 2.05) is 39.9 Å². The third kappa shape index (κ3) is 1.78. The van der Waals surface area contributed by atoms with Crippen LogP contribution in [0.3, 0.4) is 0 Å². The highest BCUT2D eigenvalue weighted by Crippen LogP contribution is 2.28. The first-order valence-electron chi connectivity index (χ1n) is 5.80. The van der Waals surface area contributed by atoms with Gasteiger partial charge in [0.25, 0.3) is 5.91 Å². The summed E-state index contributed by atoms with van der Waals surface area (Å²) in [7, 11) is 1.64. The molecule has 0 bridgehead atoms. The van der Waals surface area contributed by atoms with Crippen LogP contribution >= 0.6 is 11.3 Å². The Balaban J connectivity index is 1.97. The van der Waals surface area contributed by atoms with Crippen molar-refractivity contribution in [1.82, 2.24) is 0 Å². The Bertz CT molecular complexity index is 577. The fourth-order valence-corrected chi connectivity index (χ4v) is 2.89. The molecule has 0 unspecified atom stereocenters. The molecule has 0 saturated carbocycles. The Morgan fingerprint density at radius 1 is 1.33 bits per heavy atom. The van der Waals surface area contributed by atoms with Crippen LogP contribution in [0.5, 0.6) is 5.75 Å². The third-order valence-electron chi connectivity index (χ3n) is 3.21. The van der Waals surface area contributed by atoms with Gasteiger partial charge in [0.1, 0.15) is 5.75 Å². The predicted molar refractivity (Wildman–Crippen MR) is 72.7 cm³/mol. The largest absolute Gasteiger partial charge is 0.497 e. The highest BCUT2D eigenvalue weighted by atomic mass is 32.1. The van der Waals surface area contributed by atoms with E-state index < -0.39 is 0 Å². The van der Waals surface area contributed by atoms with Crippen molar-refractivity contribution in [3.63, 3.8) is 0 Å². The molecular formula is C14H13NO2S. The molecule has 0 radical (unpaired) electrons. The quantitative estimate of drug-likeness (QED) is 0.830. The molecular weight excluding hydrogens is 246 g/mol. The summed E-state index contributed by atoms with van der Waals surface area (Å²) in [5.74, 6) is 0.892. The average molecular weight is 259 g/mol. The maximum Gasteiger partial charge on any atom is 0.258 e. The van der Waals surface area contributed by atoms with Crippen molar-refractivity contribution in [3.8, 4) is 5.75 Å². The minimum absolute atomic E-state index is 0.0808. The van der Waals surface area contributed by atoms with Crippen LogP contribution < -0.4 is 9.64 Å². The lowest BCUT2D eigenvalue weighted by atomic mass is 9.98. The Morgan fingerprint density at radius 2 is 2.22 bits per heavy atom. The first kappa shape index (κ1) is 11.3. The van der Waals surface area contributed by atoms with Gasteiger partial charge in [-0.25, -0.2) is 0 Å². The third-order valence-corrected chi connectivity index (χ3v) is 3.88. The molecule has 4 heteroatoms. The summed E-state index contributed by atoms with van der Waals surface area (Å²) in [6, 6.07) is 7.64. The molecule has 3 rings (SSSR count). The lowest BCUT2D eigenvalue weighted by Gasteiger charge is -2.27. The second-order valence-corrected chi connectivity index (χ2v) is 4.99. The van der Waals surface area contributed by atoms with Gasteiger partial charge in [0.15, 0.2) is 0 Å². The number of fused-ring (bicyclic) bond motifs is 1. The van der Waals surface area contributed by atoms with Crippen LogP contribution in [-0.2, 0) is 6.42 Å². The number of nitrogens with zero attached hydrogens (tertiary/aromatic N) is 1. The second kappa shape index (κ2) is 4.46. The lowest BCUT2D eigenvalue weighted by Crippen LogP contribution is -2.37. The molecule has 1 aliphatic heterocycles. The molecule has 0 spiro atoms. The molecule has 1 amide bonds. The summed E-state index contributed by atoms with van der Waals surface area (Å²) in [5.41, 5.74) is 2.85. The number of thiophene rings is 1. The second-order valence-electron chi connectivity index (χ2n) is 4.21. The summed E-state index contributed by atoms with van der Waals surface area (Å²) in [6.45, 7) is 0.732. The molecule has 0 aliphatic carbocycles. The van der Waals surface area contributed by atoms with Crippen LogP contribution in [0.4, 0.5) is 5.69 Å². The van der Waals surface area contributed by atoms with Gasteiger partial charge in [0, 0.05) is 17.5 Å². The van der Waals surface area contributed by atoms with Gasteiger partial charge >= 0.3 is 0 Å². The molecule has 0 fully saturated rings. The molecule has 92 valence electrons. The number of ether oxygens (including phenoxy) is 1. The number of carbonyl (C=O) groups is 1. The van der Waals surface area contributed by atoms with E-state index in [0.29, 0.717) is 0 Å². The number of carbonyl (C=O) groups excluding carboxylic acids is 1. The molecule has 0 atom stereocenters. The van der Waals surface area contributed by atoms with Gasteiger partial charge in [0.05, 0.1) is 12.8 Å². The maximum atomic E-state index is 12.4. The zero-order valence-corrected chi connectivity index (χ0v) is 10.9. The summed E-state index contributed by atoms with van der Waals surface area (Å²) >= 11 is 1.61. The van der Waals surface area contributed by atoms with Crippen molar-refractivity contribution < 1.29 is 9.53 Å². The number of benzene rings is 1. The van der Waals surface area contributed by atoms with Gasteiger partial charge in [-0.3, -0.25) is 4.79 Å². The molecule has 1 aromatic heterocycles. The number of methoxy groups -OCH3 is 1. The number of anilines is 1. The van der Waals surface area contributed by atoms with Crippen LogP contribution in [0.15, 0.2) is 35.0 Å². The zero-order chi connectivity index (χ0) is 12.5. The van der Waals surface area contributed by atoms with Crippen molar-refractivity contribution in [2.75, 3.05) is 18.6 Å². The zero-order valence-electron chi connectivity index (χ0n) is 10.1. The standard InChI is InChI=1S/C14H13NO2S/c1-17-12-2-3-13-10(8-12)4-6-15(14(13)16)11-5-7-18-9-11/h2-3,5,7-9H,4,6H2,1H3. The topological polar surface area (TPSA) is 29.5 Å². The van der Waals surface area contributed by atoms with E-state index in [4.69, 9.17) is 4.74 Å². The van der Waals surface area contributed by atoms with E-state index in [9.17, 15) is 4.79 Å². The summed E-state index contributed by atoms with van der Waals surface area (Å²) in [6.07, 6.45) is 0.869. The van der Waals surface area contributed by atoms with Crippen molar-refractivity contribution in [1.29, 1.82) is 0 Å². The smallest absolute Gasteiger partial charge is 0.258 e. The molecule has 2 heterocycles. The van der Waals surface area contributed by atoms with Crippen LogP contribution in [0.1, 0.15) is 15.9 Å². The molecule has 18 heavy (non-hydrogen) atoms. The summed E-state index contributed by atoms with van der Waals surface area (Å²) in [4.78, 5) is 14.2. The Kier molecular flexibility index (Phi) is 2.80. The normalized spacial score (nSPS) is 14.5. The highest BCUT2D eigenvalue weighted by molar-refractivity contribution is 7.08. The molecule has 0 N–H and O–H groups in total. The van der Waals surface area contributed by atoms with E-state index in [2.05, 4.69) is 0 Å². The first-order valence-corrected chi connectivity index (χ1v) is 6.75. The fourth-order valence-electron chi connectivity index (χ4n) is 2.25. The molecule has 0 saturated heterocycles. The average Bonchev–Trinajstić information content (AvgIpc) is 2.92. The van der Waals surface area contributed by atoms with Crippen LogP contribution in [-0.4, -0.2) is 19.6 Å². The minimum Gasteiger partial charge on any atom is -0.497 e. The first-order chi connectivity index (χ1) is 8.79. The van der Waals surface area contributed by atoms with E-state index >= 15 is 0 Å². The molecule has 1 aromatic carbocycles. The summed E-state index contributed by atoms with van der Waals surface area (Å²) < 4.78 is 5.19. The minimum atomic E-state index is 0.0808. The maximum absolute atomic E-state index is 12.4. The van der Waals surface area contributed by atoms with Crippen molar-refractivity contribution in [2.24, 2.45) is 0 Å². The van der Waals surface area contributed by atoms with Gasteiger partial charge < -0.3 is 9.64 Å². The highest BCUT2D eigenvalue weighted by Gasteiger charge is 2.25. The van der Waals surface area contributed by atoms with Crippen molar-refractivity contribution >= 4 is 22.9 Å². The van der Waals surface area contributed by atoms with Crippen LogP contribution in [0.2, 0.25) is 0 Å². The van der Waals surface area contributed by atoms with Crippen LogP contribution in [0.25, 0.3) is 0 Å². The van der Waals surface area contributed by atoms with Crippen LogP contribution in [0, 0.1) is 0 Å². The van der Waals surface area contributed by atoms with Gasteiger partial charge in [-0.2, -0.15) is 11.3 Å². The van der Waals surface area contributed by atoms with Gasteiger partial charge in [-0.1, -0.05) is 0 Å². The molecule has 2 aromatic rings. The Labute approximate surface area is 110 Å². The van der Waals surface area contributed by atoms with E-state index in [-0.39, 0.29) is 5.91 Å². The van der Waals surface area contributed by atoms with Crippen molar-refractivity contribution in [3.05, 3.63) is 46.2 Å². The number of hydrogen-bond donors (Lipinski definition) is 0. The van der Waals surface area contributed by atoms with Crippen molar-refractivity contribution in [2.45, 2.75) is 6.42 Å².